The molecule has 0 radical (unpaired) electrons. The molecule has 2 aromatic rings. The van der Waals surface area contributed by atoms with Gasteiger partial charge in [0.15, 0.2) is 5.16 Å². The Labute approximate surface area is 104 Å². The zero-order chi connectivity index (χ0) is 11.5. The first kappa shape index (κ1) is 11.5. The van der Waals surface area contributed by atoms with E-state index in [0.29, 0.717) is 5.15 Å². The second kappa shape index (κ2) is 4.93. The summed E-state index contributed by atoms with van der Waals surface area (Å²) in [5.41, 5.74) is 0. The molecule has 2 rings (SSSR count). The van der Waals surface area contributed by atoms with Gasteiger partial charge in [0.05, 0.1) is 11.9 Å². The van der Waals surface area contributed by atoms with Gasteiger partial charge in [0.2, 0.25) is 0 Å². The molecular formula is C10H13ClN4S. The number of nitrogens with zero attached hydrogens (tertiary/aromatic N) is 4. The highest BCUT2D eigenvalue weighted by atomic mass is 35.5. The molecule has 0 N–H and O–H groups in total. The van der Waals surface area contributed by atoms with Crippen LogP contribution in [0.1, 0.15) is 12.7 Å². The van der Waals surface area contributed by atoms with Crippen molar-refractivity contribution < 1.29 is 0 Å². The molecule has 0 saturated heterocycles. The molecule has 2 aromatic heterocycles. The lowest BCUT2D eigenvalue weighted by atomic mass is 10.7. The van der Waals surface area contributed by atoms with Gasteiger partial charge in [-0.2, -0.15) is 0 Å². The largest absolute Gasteiger partial charge is 0.326 e. The topological polar surface area (TPSA) is 35.6 Å². The molecule has 0 bridgehead atoms. The fourth-order valence-electron chi connectivity index (χ4n) is 1.36. The summed E-state index contributed by atoms with van der Waals surface area (Å²) in [5.74, 6) is 1.74. The molecule has 0 unspecified atom stereocenters. The Hall–Kier alpha value is -0.940. The minimum atomic E-state index is 0.662. The van der Waals surface area contributed by atoms with Gasteiger partial charge in [-0.25, -0.2) is 9.97 Å². The van der Waals surface area contributed by atoms with E-state index in [0.717, 1.165) is 23.3 Å². The molecule has 0 fully saturated rings. The van der Waals surface area contributed by atoms with E-state index in [-0.39, 0.29) is 0 Å². The van der Waals surface area contributed by atoms with Gasteiger partial charge < -0.3 is 9.13 Å². The van der Waals surface area contributed by atoms with Gasteiger partial charge in [0, 0.05) is 26.0 Å². The minimum Gasteiger partial charge on any atom is -0.326 e. The number of thioether (sulfide) groups is 1. The minimum absolute atomic E-state index is 0.662. The van der Waals surface area contributed by atoms with Crippen molar-refractivity contribution >= 4 is 23.4 Å². The summed E-state index contributed by atoms with van der Waals surface area (Å²) in [4.78, 5) is 8.54. The normalized spacial score (nSPS) is 10.9. The molecule has 16 heavy (non-hydrogen) atoms. The number of rotatable bonds is 4. The van der Waals surface area contributed by atoms with E-state index < -0.39 is 0 Å². The third kappa shape index (κ3) is 2.25. The van der Waals surface area contributed by atoms with Crippen molar-refractivity contribution in [3.63, 3.8) is 0 Å². The first-order chi connectivity index (χ1) is 7.72. The molecule has 2 heterocycles. The van der Waals surface area contributed by atoms with Crippen LogP contribution in [-0.4, -0.2) is 19.1 Å². The summed E-state index contributed by atoms with van der Waals surface area (Å²) in [6, 6.07) is 0. The van der Waals surface area contributed by atoms with Crippen molar-refractivity contribution in [1.82, 2.24) is 19.1 Å². The molecular weight excluding hydrogens is 244 g/mol. The number of halogens is 1. The molecule has 4 nitrogen and oxygen atoms in total. The first-order valence-corrected chi connectivity index (χ1v) is 6.38. The van der Waals surface area contributed by atoms with Crippen molar-refractivity contribution in [2.24, 2.45) is 7.05 Å². The third-order valence-electron chi connectivity index (χ3n) is 2.38. The molecule has 0 aliphatic heterocycles. The molecule has 0 spiro atoms. The summed E-state index contributed by atoms with van der Waals surface area (Å²) in [6.07, 6.45) is 5.47. The molecule has 0 aliphatic rings. The predicted octanol–water partition coefficient (Wildman–Crippen LogP) is 2.58. The maximum Gasteiger partial charge on any atom is 0.168 e. The summed E-state index contributed by atoms with van der Waals surface area (Å²) in [7, 11) is 1.91. The summed E-state index contributed by atoms with van der Waals surface area (Å²) >= 11 is 7.59. The van der Waals surface area contributed by atoms with Gasteiger partial charge in [-0.3, -0.25) is 0 Å². The SMILES string of the molecule is CCn1ccnc1SCc1ncc(Cl)n1C. The van der Waals surface area contributed by atoms with E-state index >= 15 is 0 Å². The molecule has 6 heteroatoms. The molecule has 0 aromatic carbocycles. The highest BCUT2D eigenvalue weighted by Gasteiger charge is 2.07. The second-order valence-electron chi connectivity index (χ2n) is 3.34. The van der Waals surface area contributed by atoms with Gasteiger partial charge in [-0.1, -0.05) is 23.4 Å². The number of aromatic nitrogens is 4. The maximum absolute atomic E-state index is 5.92. The van der Waals surface area contributed by atoms with E-state index in [1.807, 2.05) is 24.0 Å². The Bertz CT molecular complexity index is 477. The van der Waals surface area contributed by atoms with Crippen molar-refractivity contribution in [2.45, 2.75) is 24.4 Å². The maximum atomic E-state index is 5.92. The fourth-order valence-corrected chi connectivity index (χ4v) is 2.53. The molecule has 86 valence electrons. The van der Waals surface area contributed by atoms with Gasteiger partial charge in [-0.15, -0.1) is 0 Å². The lowest BCUT2D eigenvalue weighted by Crippen LogP contribution is -1.98. The lowest BCUT2D eigenvalue weighted by Gasteiger charge is -2.04. The summed E-state index contributed by atoms with van der Waals surface area (Å²) in [5, 5.41) is 1.68. The Balaban J connectivity index is 2.05. The number of hydrogen-bond donors (Lipinski definition) is 0. The predicted molar refractivity (Wildman–Crippen MR) is 65.7 cm³/mol. The van der Waals surface area contributed by atoms with Crippen molar-refractivity contribution in [1.29, 1.82) is 0 Å². The molecule has 0 aliphatic carbocycles. The van der Waals surface area contributed by atoms with Crippen LogP contribution in [0, 0.1) is 0 Å². The Morgan fingerprint density at radius 2 is 2.25 bits per heavy atom. The quantitative estimate of drug-likeness (QED) is 0.789. The Morgan fingerprint density at radius 1 is 1.44 bits per heavy atom. The molecule has 0 atom stereocenters. The van der Waals surface area contributed by atoms with Crippen LogP contribution in [0.4, 0.5) is 0 Å². The van der Waals surface area contributed by atoms with Crippen LogP contribution in [0.3, 0.4) is 0 Å². The number of imidazole rings is 2. The summed E-state index contributed by atoms with van der Waals surface area (Å²) < 4.78 is 3.99. The van der Waals surface area contributed by atoms with E-state index in [1.165, 1.54) is 0 Å². The van der Waals surface area contributed by atoms with Crippen LogP contribution in [0.25, 0.3) is 0 Å². The second-order valence-corrected chi connectivity index (χ2v) is 4.67. The van der Waals surface area contributed by atoms with Gasteiger partial charge >= 0.3 is 0 Å². The highest BCUT2D eigenvalue weighted by Crippen LogP contribution is 2.21. The molecule has 0 saturated carbocycles. The Kier molecular flexibility index (Phi) is 3.56. The van der Waals surface area contributed by atoms with Crippen LogP contribution >= 0.6 is 23.4 Å². The number of hydrogen-bond acceptors (Lipinski definition) is 3. The van der Waals surface area contributed by atoms with E-state index in [9.17, 15) is 0 Å². The zero-order valence-electron chi connectivity index (χ0n) is 9.22. The van der Waals surface area contributed by atoms with Crippen LogP contribution in [0.2, 0.25) is 5.15 Å². The fraction of sp³-hybridized carbons (Fsp3) is 0.400. The average Bonchev–Trinajstić information content (AvgIpc) is 2.86. The van der Waals surface area contributed by atoms with Gasteiger partial charge in [0.25, 0.3) is 0 Å². The van der Waals surface area contributed by atoms with Gasteiger partial charge in [-0.05, 0) is 6.92 Å². The monoisotopic (exact) mass is 256 g/mol. The summed E-state index contributed by atoms with van der Waals surface area (Å²) in [6.45, 7) is 3.03. The zero-order valence-corrected chi connectivity index (χ0v) is 10.8. The van der Waals surface area contributed by atoms with Crippen molar-refractivity contribution in [2.75, 3.05) is 0 Å². The van der Waals surface area contributed by atoms with Crippen molar-refractivity contribution in [3.05, 3.63) is 29.6 Å². The average molecular weight is 257 g/mol. The van der Waals surface area contributed by atoms with Crippen LogP contribution in [-0.2, 0) is 19.3 Å². The van der Waals surface area contributed by atoms with Crippen LogP contribution < -0.4 is 0 Å². The first-order valence-electron chi connectivity index (χ1n) is 5.02. The third-order valence-corrected chi connectivity index (χ3v) is 3.73. The molecule has 0 amide bonds. The van der Waals surface area contributed by atoms with E-state index in [2.05, 4.69) is 21.5 Å². The Morgan fingerprint density at radius 3 is 2.88 bits per heavy atom. The number of aryl methyl sites for hydroxylation is 1. The lowest BCUT2D eigenvalue weighted by molar-refractivity contribution is 0.680. The van der Waals surface area contributed by atoms with E-state index in [4.69, 9.17) is 11.6 Å². The van der Waals surface area contributed by atoms with Gasteiger partial charge in [0.1, 0.15) is 11.0 Å². The van der Waals surface area contributed by atoms with Crippen LogP contribution in [0.15, 0.2) is 23.7 Å². The highest BCUT2D eigenvalue weighted by molar-refractivity contribution is 7.98. The smallest absolute Gasteiger partial charge is 0.168 e. The standard InChI is InChI=1S/C10H13ClN4S/c1-3-15-5-4-12-10(15)16-7-9-13-6-8(11)14(9)2/h4-6H,3,7H2,1-2H3. The van der Waals surface area contributed by atoms with E-state index in [1.54, 1.807) is 18.0 Å². The van der Waals surface area contributed by atoms with Crippen LogP contribution in [0.5, 0.6) is 0 Å². The van der Waals surface area contributed by atoms with Crippen molar-refractivity contribution in [3.8, 4) is 0 Å².